The highest BCUT2D eigenvalue weighted by Crippen LogP contribution is 2.75. The molecule has 0 aliphatic heterocycles. The van der Waals surface area contributed by atoms with Gasteiger partial charge in [0.15, 0.2) is 0 Å². The van der Waals surface area contributed by atoms with Gasteiger partial charge in [0.25, 0.3) is 0 Å². The quantitative estimate of drug-likeness (QED) is 0.510. The van der Waals surface area contributed by atoms with E-state index in [9.17, 15) is 25.5 Å². The molecule has 25 heavy (non-hydrogen) atoms. The van der Waals surface area contributed by atoms with E-state index in [0.29, 0.717) is 18.8 Å². The molecule has 144 valence electrons. The summed E-state index contributed by atoms with van der Waals surface area (Å²) in [6.45, 7) is 3.95. The summed E-state index contributed by atoms with van der Waals surface area (Å²) in [5.41, 5.74) is -2.12. The molecular weight excluding hydrogens is 320 g/mol. The van der Waals surface area contributed by atoms with E-state index in [4.69, 9.17) is 0 Å². The molecule has 4 fully saturated rings. The minimum absolute atomic E-state index is 0.0325. The molecule has 4 saturated carbocycles. The van der Waals surface area contributed by atoms with Gasteiger partial charge in [0, 0.05) is 16.7 Å². The van der Waals surface area contributed by atoms with Crippen LogP contribution in [0.4, 0.5) is 0 Å². The van der Waals surface area contributed by atoms with E-state index < -0.39 is 23.2 Å². The molecule has 0 saturated heterocycles. The minimum atomic E-state index is -1.16. The number of aliphatic hydroxyl groups excluding tert-OH is 4. The topological polar surface area (TPSA) is 101 Å². The number of fused-ring (bicyclic) bond motifs is 2. The van der Waals surface area contributed by atoms with Crippen LogP contribution in [0.15, 0.2) is 0 Å². The molecule has 5 N–H and O–H groups in total. The van der Waals surface area contributed by atoms with Gasteiger partial charge in [-0.2, -0.15) is 0 Å². The molecule has 0 heterocycles. The monoisotopic (exact) mass is 354 g/mol. The molecular formula is C20H34O5. The van der Waals surface area contributed by atoms with E-state index in [2.05, 4.69) is 6.92 Å². The third-order valence-corrected chi connectivity index (χ3v) is 9.58. The number of rotatable bonds is 2. The molecule has 0 unspecified atom stereocenters. The van der Waals surface area contributed by atoms with Crippen LogP contribution >= 0.6 is 0 Å². The van der Waals surface area contributed by atoms with Crippen LogP contribution in [-0.4, -0.2) is 56.6 Å². The van der Waals surface area contributed by atoms with E-state index in [1.54, 1.807) is 0 Å². The Labute approximate surface area is 150 Å². The first-order chi connectivity index (χ1) is 11.7. The summed E-state index contributed by atoms with van der Waals surface area (Å²) in [4.78, 5) is 0. The Balaban J connectivity index is 1.80. The predicted molar refractivity (Wildman–Crippen MR) is 92.6 cm³/mol. The fourth-order valence-electron chi connectivity index (χ4n) is 8.07. The molecule has 2 bridgehead atoms. The zero-order valence-electron chi connectivity index (χ0n) is 15.5. The van der Waals surface area contributed by atoms with E-state index in [-0.39, 0.29) is 35.9 Å². The van der Waals surface area contributed by atoms with Gasteiger partial charge < -0.3 is 25.5 Å². The van der Waals surface area contributed by atoms with Crippen molar-refractivity contribution in [3.63, 3.8) is 0 Å². The highest BCUT2D eigenvalue weighted by atomic mass is 16.3. The Hall–Kier alpha value is -0.200. The molecule has 0 aromatic carbocycles. The second kappa shape index (κ2) is 5.41. The lowest BCUT2D eigenvalue weighted by Crippen LogP contribution is -2.67. The Morgan fingerprint density at radius 2 is 1.64 bits per heavy atom. The summed E-state index contributed by atoms with van der Waals surface area (Å²) in [7, 11) is 0. The Bertz CT molecular complexity index is 554. The molecule has 0 radical (unpaired) electrons. The molecule has 4 aliphatic rings. The molecule has 4 aliphatic carbocycles. The van der Waals surface area contributed by atoms with Crippen LogP contribution in [0, 0.1) is 34.0 Å². The van der Waals surface area contributed by atoms with E-state index in [0.717, 1.165) is 32.1 Å². The van der Waals surface area contributed by atoms with Crippen molar-refractivity contribution in [2.75, 3.05) is 13.2 Å². The fraction of sp³-hybridized carbons (Fsp3) is 1.00. The third-order valence-electron chi connectivity index (χ3n) is 9.58. The summed E-state index contributed by atoms with van der Waals surface area (Å²) < 4.78 is 0. The van der Waals surface area contributed by atoms with E-state index in [1.807, 2.05) is 6.92 Å². The van der Waals surface area contributed by atoms with E-state index in [1.165, 1.54) is 0 Å². The van der Waals surface area contributed by atoms with Crippen molar-refractivity contribution in [3.8, 4) is 0 Å². The molecule has 0 aromatic rings. The van der Waals surface area contributed by atoms with Crippen molar-refractivity contribution in [1.82, 2.24) is 0 Å². The van der Waals surface area contributed by atoms with Crippen molar-refractivity contribution >= 4 is 0 Å². The maximum absolute atomic E-state index is 11.4. The summed E-state index contributed by atoms with van der Waals surface area (Å²) >= 11 is 0. The molecule has 0 amide bonds. The van der Waals surface area contributed by atoms with Gasteiger partial charge in [0.1, 0.15) is 0 Å². The first-order valence-corrected chi connectivity index (χ1v) is 10.00. The average molecular weight is 354 g/mol. The molecule has 4 rings (SSSR count). The fourth-order valence-corrected chi connectivity index (χ4v) is 8.07. The smallest absolute Gasteiger partial charge is 0.0930 e. The van der Waals surface area contributed by atoms with Crippen LogP contribution in [0.3, 0.4) is 0 Å². The van der Waals surface area contributed by atoms with Crippen molar-refractivity contribution in [2.45, 2.75) is 76.6 Å². The van der Waals surface area contributed by atoms with Crippen LogP contribution in [0.2, 0.25) is 0 Å². The summed E-state index contributed by atoms with van der Waals surface area (Å²) in [5.74, 6) is 0.255. The first-order valence-electron chi connectivity index (χ1n) is 10.00. The van der Waals surface area contributed by atoms with Crippen LogP contribution < -0.4 is 0 Å². The SMILES string of the molecule is C[C@@]1(CO)[C@H](O)CC[C@@]2(C)[C@@H]1CC[C@H]1C[C@@H]3[C@H](O)[C@@]12CC[C@]3(O)CO. The zero-order valence-corrected chi connectivity index (χ0v) is 15.5. The Morgan fingerprint density at radius 3 is 2.28 bits per heavy atom. The maximum atomic E-state index is 11.4. The number of hydrogen-bond acceptors (Lipinski definition) is 5. The summed E-state index contributed by atoms with van der Waals surface area (Å²) in [6.07, 6.45) is 4.33. The number of aliphatic hydroxyl groups is 5. The minimum Gasteiger partial charge on any atom is -0.396 e. The van der Waals surface area contributed by atoms with Crippen LogP contribution in [0.1, 0.15) is 58.8 Å². The van der Waals surface area contributed by atoms with Gasteiger partial charge in [0.05, 0.1) is 31.0 Å². The molecule has 5 nitrogen and oxygen atoms in total. The first kappa shape index (κ1) is 18.2. The largest absolute Gasteiger partial charge is 0.396 e. The Kier molecular flexibility index (Phi) is 3.94. The lowest BCUT2D eigenvalue weighted by atomic mass is 9.38. The highest BCUT2D eigenvalue weighted by molar-refractivity contribution is 5.22. The predicted octanol–water partition coefficient (Wildman–Crippen LogP) is 1.06. The van der Waals surface area contributed by atoms with Crippen molar-refractivity contribution < 1.29 is 25.5 Å². The summed E-state index contributed by atoms with van der Waals surface area (Å²) in [5, 5.41) is 52.7. The van der Waals surface area contributed by atoms with Gasteiger partial charge in [-0.1, -0.05) is 13.8 Å². The van der Waals surface area contributed by atoms with Gasteiger partial charge in [-0.15, -0.1) is 0 Å². The number of hydrogen-bond donors (Lipinski definition) is 5. The van der Waals surface area contributed by atoms with Crippen molar-refractivity contribution in [2.24, 2.45) is 34.0 Å². The van der Waals surface area contributed by atoms with Crippen molar-refractivity contribution in [3.05, 3.63) is 0 Å². The van der Waals surface area contributed by atoms with Gasteiger partial charge in [0.2, 0.25) is 0 Å². The van der Waals surface area contributed by atoms with Gasteiger partial charge in [-0.25, -0.2) is 0 Å². The summed E-state index contributed by atoms with van der Waals surface area (Å²) in [6, 6.07) is 0. The molecule has 5 heteroatoms. The molecule has 1 spiro atoms. The van der Waals surface area contributed by atoms with Gasteiger partial charge in [-0.3, -0.25) is 0 Å². The zero-order chi connectivity index (χ0) is 18.3. The maximum Gasteiger partial charge on any atom is 0.0930 e. The average Bonchev–Trinajstić information content (AvgIpc) is 2.82. The normalized spacial score (nSPS) is 60.8. The molecule has 9 atom stereocenters. The highest BCUT2D eigenvalue weighted by Gasteiger charge is 2.74. The third kappa shape index (κ3) is 1.92. The molecule has 0 aromatic heterocycles. The second-order valence-corrected chi connectivity index (χ2v) is 10.1. The van der Waals surface area contributed by atoms with Gasteiger partial charge >= 0.3 is 0 Å². The Morgan fingerprint density at radius 1 is 0.920 bits per heavy atom. The lowest BCUT2D eigenvalue weighted by molar-refractivity contribution is -0.249. The van der Waals surface area contributed by atoms with Crippen LogP contribution in [0.25, 0.3) is 0 Å². The van der Waals surface area contributed by atoms with E-state index >= 15 is 0 Å². The second-order valence-electron chi connectivity index (χ2n) is 10.1. The van der Waals surface area contributed by atoms with Crippen molar-refractivity contribution in [1.29, 1.82) is 0 Å². The van der Waals surface area contributed by atoms with Crippen LogP contribution in [-0.2, 0) is 0 Å². The van der Waals surface area contributed by atoms with Gasteiger partial charge in [-0.05, 0) is 62.2 Å². The standard InChI is InChI=1S/C20H34O5/c1-17(10-21)14-4-3-12-9-13-16(24)20(12,8-7-19(13,25)11-22)18(14,2)6-5-15(17)23/h12-16,21-25H,3-11H2,1-2H3/t12-,13+,14+,15+,16-,17-,18-,19-,20+/m0/s1. The lowest BCUT2D eigenvalue weighted by Gasteiger charge is -2.67. The van der Waals surface area contributed by atoms with Crippen LogP contribution in [0.5, 0.6) is 0 Å².